The third kappa shape index (κ3) is 4.24. The van der Waals surface area contributed by atoms with Crippen molar-refractivity contribution in [3.05, 3.63) is 35.9 Å². The van der Waals surface area contributed by atoms with E-state index in [9.17, 15) is 9.59 Å². The molecule has 1 N–H and O–H groups in total. The molecule has 0 fully saturated rings. The van der Waals surface area contributed by atoms with Crippen LogP contribution in [0.3, 0.4) is 0 Å². The Labute approximate surface area is 164 Å². The molecule has 1 aromatic heterocycles. The van der Waals surface area contributed by atoms with E-state index < -0.39 is 0 Å². The molecule has 0 spiro atoms. The lowest BCUT2D eigenvalue weighted by atomic mass is 10.1. The van der Waals surface area contributed by atoms with Crippen LogP contribution in [0.4, 0.5) is 5.69 Å². The summed E-state index contributed by atoms with van der Waals surface area (Å²) in [6.07, 6.45) is 2.43. The number of rotatable bonds is 6. The Morgan fingerprint density at radius 2 is 2.11 bits per heavy atom. The number of nitrogens with zero attached hydrogens (tertiary/aromatic N) is 5. The van der Waals surface area contributed by atoms with Crippen LogP contribution in [0.5, 0.6) is 5.75 Å². The third-order valence-electron chi connectivity index (χ3n) is 4.87. The van der Waals surface area contributed by atoms with Crippen molar-refractivity contribution >= 4 is 17.5 Å². The summed E-state index contributed by atoms with van der Waals surface area (Å²) < 4.78 is 7.51. The fraction of sp³-hybridized carbons (Fsp3) is 0.474. The molecule has 1 aromatic carbocycles. The number of amides is 2. The van der Waals surface area contributed by atoms with Crippen LogP contribution in [0.15, 0.2) is 24.5 Å². The minimum absolute atomic E-state index is 0.0495. The highest BCUT2D eigenvalue weighted by molar-refractivity contribution is 5.95. The molecule has 0 aliphatic carbocycles. The van der Waals surface area contributed by atoms with E-state index in [0.29, 0.717) is 31.6 Å². The van der Waals surface area contributed by atoms with E-state index in [0.717, 1.165) is 17.3 Å². The highest BCUT2D eigenvalue weighted by Crippen LogP contribution is 2.34. The lowest BCUT2D eigenvalue weighted by molar-refractivity contribution is -0.121. The average Bonchev–Trinajstić information content (AvgIpc) is 3.08. The van der Waals surface area contributed by atoms with E-state index in [2.05, 4.69) is 15.4 Å². The normalized spacial score (nSPS) is 15.6. The second kappa shape index (κ2) is 8.28. The number of benzene rings is 1. The van der Waals surface area contributed by atoms with Gasteiger partial charge < -0.3 is 19.9 Å². The third-order valence-corrected chi connectivity index (χ3v) is 4.87. The van der Waals surface area contributed by atoms with Crippen LogP contribution in [0.25, 0.3) is 0 Å². The number of likely N-dealkylation sites (N-methyl/N-ethyl adjacent to an activating group) is 1. The molecule has 150 valence electrons. The molecule has 1 aliphatic rings. The van der Waals surface area contributed by atoms with Crippen LogP contribution in [0, 0.1) is 0 Å². The van der Waals surface area contributed by atoms with Crippen LogP contribution in [0.2, 0.25) is 0 Å². The Hall–Kier alpha value is -3.10. The Balaban J connectivity index is 1.59. The lowest BCUT2D eigenvalue weighted by Crippen LogP contribution is -2.44. The highest BCUT2D eigenvalue weighted by atomic mass is 16.5. The Bertz CT molecular complexity index is 863. The van der Waals surface area contributed by atoms with Gasteiger partial charge in [-0.05, 0) is 18.2 Å². The predicted molar refractivity (Wildman–Crippen MR) is 104 cm³/mol. The monoisotopic (exact) mass is 386 g/mol. The number of aryl methyl sites for hydroxylation is 1. The minimum Gasteiger partial charge on any atom is -0.489 e. The van der Waals surface area contributed by atoms with Crippen LogP contribution < -0.4 is 15.0 Å². The number of nitrogens with one attached hydrogen (secondary N) is 1. The Morgan fingerprint density at radius 3 is 2.79 bits per heavy atom. The molecular formula is C19H26N6O3. The van der Waals surface area contributed by atoms with Gasteiger partial charge in [-0.1, -0.05) is 0 Å². The topological polar surface area (TPSA) is 92.6 Å². The van der Waals surface area contributed by atoms with Gasteiger partial charge in [-0.15, -0.1) is 0 Å². The van der Waals surface area contributed by atoms with E-state index in [1.807, 2.05) is 25.1 Å². The summed E-state index contributed by atoms with van der Waals surface area (Å²) in [5, 5.41) is 6.93. The number of fused-ring (bicyclic) bond motifs is 1. The minimum atomic E-state index is -0.105. The van der Waals surface area contributed by atoms with Gasteiger partial charge in [-0.2, -0.15) is 5.10 Å². The summed E-state index contributed by atoms with van der Waals surface area (Å²) in [7, 11) is 7.18. The molecule has 1 atom stereocenters. The van der Waals surface area contributed by atoms with Gasteiger partial charge in [0.15, 0.2) is 0 Å². The molecule has 2 amide bonds. The van der Waals surface area contributed by atoms with Gasteiger partial charge in [0.2, 0.25) is 5.91 Å². The van der Waals surface area contributed by atoms with Gasteiger partial charge >= 0.3 is 0 Å². The summed E-state index contributed by atoms with van der Waals surface area (Å²) in [5.74, 6) is 1.42. The molecular weight excluding hydrogens is 360 g/mol. The number of hydrogen-bond donors (Lipinski definition) is 1. The van der Waals surface area contributed by atoms with E-state index in [1.54, 1.807) is 30.9 Å². The number of aromatic nitrogens is 3. The van der Waals surface area contributed by atoms with Gasteiger partial charge in [0.1, 0.15) is 24.5 Å². The molecule has 1 aliphatic heterocycles. The lowest BCUT2D eigenvalue weighted by Gasteiger charge is -2.35. The first-order valence-electron chi connectivity index (χ1n) is 9.17. The maximum atomic E-state index is 12.3. The standard InChI is InChI=1S/C19H26N6O3/c1-23(2)19(27)13-5-6-16-15(9-13)24(3)14(11-28-16)10-18(26)20-8-7-17-21-12-22-25(17)4/h5-6,9,12,14H,7-8,10-11H2,1-4H3,(H,20,26). The maximum Gasteiger partial charge on any atom is 0.253 e. The predicted octanol–water partition coefficient (Wildman–Crippen LogP) is 0.463. The highest BCUT2D eigenvalue weighted by Gasteiger charge is 2.27. The van der Waals surface area contributed by atoms with Crippen molar-refractivity contribution in [3.8, 4) is 5.75 Å². The Morgan fingerprint density at radius 1 is 1.32 bits per heavy atom. The fourth-order valence-corrected chi connectivity index (χ4v) is 3.14. The number of carbonyl (C=O) groups excluding carboxylic acids is 2. The van der Waals surface area contributed by atoms with E-state index in [1.165, 1.54) is 11.2 Å². The average molecular weight is 386 g/mol. The summed E-state index contributed by atoms with van der Waals surface area (Å²) in [6, 6.07) is 5.27. The summed E-state index contributed by atoms with van der Waals surface area (Å²) >= 11 is 0. The fourth-order valence-electron chi connectivity index (χ4n) is 3.14. The summed E-state index contributed by atoms with van der Waals surface area (Å²) in [4.78, 5) is 32.3. The van der Waals surface area contributed by atoms with E-state index in [4.69, 9.17) is 4.74 Å². The number of carbonyl (C=O) groups is 2. The first-order chi connectivity index (χ1) is 13.4. The van der Waals surface area contributed by atoms with Crippen molar-refractivity contribution in [2.24, 2.45) is 7.05 Å². The number of anilines is 1. The molecule has 0 saturated carbocycles. The van der Waals surface area contributed by atoms with Crippen molar-refractivity contribution in [2.45, 2.75) is 18.9 Å². The van der Waals surface area contributed by atoms with Crippen molar-refractivity contribution in [1.29, 1.82) is 0 Å². The van der Waals surface area contributed by atoms with E-state index in [-0.39, 0.29) is 17.9 Å². The van der Waals surface area contributed by atoms with Crippen molar-refractivity contribution in [2.75, 3.05) is 39.2 Å². The quantitative estimate of drug-likeness (QED) is 0.776. The van der Waals surface area contributed by atoms with Gasteiger partial charge in [-0.25, -0.2) is 4.98 Å². The molecule has 3 rings (SSSR count). The van der Waals surface area contributed by atoms with Crippen molar-refractivity contribution < 1.29 is 14.3 Å². The molecule has 1 unspecified atom stereocenters. The van der Waals surface area contributed by atoms with Gasteiger partial charge in [0.25, 0.3) is 5.91 Å². The zero-order valence-corrected chi connectivity index (χ0v) is 16.7. The maximum absolute atomic E-state index is 12.3. The van der Waals surface area contributed by atoms with Crippen LogP contribution in [-0.4, -0.2) is 71.8 Å². The van der Waals surface area contributed by atoms with Gasteiger partial charge in [-0.3, -0.25) is 14.3 Å². The largest absolute Gasteiger partial charge is 0.489 e. The summed E-state index contributed by atoms with van der Waals surface area (Å²) in [5.41, 5.74) is 1.41. The second-order valence-electron chi connectivity index (χ2n) is 7.06. The van der Waals surface area contributed by atoms with Crippen LogP contribution >= 0.6 is 0 Å². The van der Waals surface area contributed by atoms with Crippen LogP contribution in [0.1, 0.15) is 22.6 Å². The first-order valence-corrected chi connectivity index (χ1v) is 9.17. The van der Waals surface area contributed by atoms with E-state index >= 15 is 0 Å². The molecule has 2 heterocycles. The van der Waals surface area contributed by atoms with Gasteiger partial charge in [0.05, 0.1) is 18.2 Å². The molecule has 0 bridgehead atoms. The molecule has 9 heteroatoms. The smallest absolute Gasteiger partial charge is 0.253 e. The SMILES string of the molecule is CN(C)C(=O)c1ccc2c(c1)N(C)C(CC(=O)NCCc1ncnn1C)CO2. The molecule has 2 aromatic rings. The molecule has 0 radical (unpaired) electrons. The van der Waals surface area contributed by atoms with Crippen molar-refractivity contribution in [3.63, 3.8) is 0 Å². The first kappa shape index (κ1) is 19.7. The second-order valence-corrected chi connectivity index (χ2v) is 7.06. The number of hydrogen-bond acceptors (Lipinski definition) is 6. The molecule has 9 nitrogen and oxygen atoms in total. The summed E-state index contributed by atoms with van der Waals surface area (Å²) in [6.45, 7) is 0.919. The van der Waals surface area contributed by atoms with Crippen molar-refractivity contribution in [1.82, 2.24) is 25.0 Å². The van der Waals surface area contributed by atoms with Crippen LogP contribution in [-0.2, 0) is 18.3 Å². The zero-order chi connectivity index (χ0) is 20.3. The number of ether oxygens (including phenoxy) is 1. The Kier molecular flexibility index (Phi) is 5.81. The molecule has 28 heavy (non-hydrogen) atoms. The van der Waals surface area contributed by atoms with Gasteiger partial charge in [0, 0.05) is 46.7 Å². The zero-order valence-electron chi connectivity index (χ0n) is 16.7. The molecule has 0 saturated heterocycles.